The molecular formula is C31H39NO5. The van der Waals surface area contributed by atoms with Crippen LogP contribution in [0.1, 0.15) is 80.5 Å². The zero-order chi connectivity index (χ0) is 26.2. The van der Waals surface area contributed by atoms with E-state index in [0.717, 1.165) is 37.5 Å². The molecule has 6 rings (SSSR count). The molecule has 4 aliphatic rings. The SMILES string of the molecule is CC(C)(C)NCC(O)c1ccc(OC(=O)C2C3CC4CC(C3)CC2C4)c(COC(=O)c2ccccc2)c1. The van der Waals surface area contributed by atoms with Crippen molar-refractivity contribution in [2.75, 3.05) is 6.54 Å². The summed E-state index contributed by atoms with van der Waals surface area (Å²) < 4.78 is 11.6. The smallest absolute Gasteiger partial charge is 0.338 e. The summed E-state index contributed by atoms with van der Waals surface area (Å²) in [4.78, 5) is 26.1. The molecule has 0 radical (unpaired) electrons. The molecule has 0 amide bonds. The lowest BCUT2D eigenvalue weighted by atomic mass is 9.52. The van der Waals surface area contributed by atoms with E-state index in [9.17, 15) is 14.7 Å². The topological polar surface area (TPSA) is 84.9 Å². The lowest BCUT2D eigenvalue weighted by molar-refractivity contribution is -0.152. The van der Waals surface area contributed by atoms with E-state index in [1.165, 1.54) is 6.42 Å². The maximum absolute atomic E-state index is 13.5. The van der Waals surface area contributed by atoms with Gasteiger partial charge in [0.05, 0.1) is 17.6 Å². The fourth-order valence-corrected chi connectivity index (χ4v) is 6.83. The first-order valence-electron chi connectivity index (χ1n) is 13.7. The number of ether oxygens (including phenoxy) is 2. The summed E-state index contributed by atoms with van der Waals surface area (Å²) in [6.07, 6.45) is 5.14. The van der Waals surface area contributed by atoms with Gasteiger partial charge in [-0.25, -0.2) is 4.79 Å². The molecule has 0 heterocycles. The van der Waals surface area contributed by atoms with Crippen molar-refractivity contribution in [3.05, 3.63) is 65.2 Å². The van der Waals surface area contributed by atoms with Crippen molar-refractivity contribution in [3.63, 3.8) is 0 Å². The van der Waals surface area contributed by atoms with E-state index in [4.69, 9.17) is 9.47 Å². The highest BCUT2D eigenvalue weighted by Crippen LogP contribution is 2.56. The van der Waals surface area contributed by atoms with E-state index in [1.807, 2.05) is 26.8 Å². The molecule has 2 aromatic rings. The van der Waals surface area contributed by atoms with Crippen LogP contribution in [0.15, 0.2) is 48.5 Å². The van der Waals surface area contributed by atoms with Gasteiger partial charge >= 0.3 is 11.9 Å². The largest absolute Gasteiger partial charge is 0.457 e. The normalized spacial score (nSPS) is 27.1. The van der Waals surface area contributed by atoms with Gasteiger partial charge in [-0.15, -0.1) is 0 Å². The van der Waals surface area contributed by atoms with Gasteiger partial charge in [0.25, 0.3) is 0 Å². The summed E-state index contributed by atoms with van der Waals surface area (Å²) >= 11 is 0. The molecule has 2 aromatic carbocycles. The van der Waals surface area contributed by atoms with Crippen molar-refractivity contribution in [2.24, 2.45) is 29.6 Å². The number of carbonyl (C=O) groups is 2. The van der Waals surface area contributed by atoms with Gasteiger partial charge in [-0.2, -0.15) is 0 Å². The summed E-state index contributed by atoms with van der Waals surface area (Å²) in [6.45, 7) is 6.45. The van der Waals surface area contributed by atoms with Crippen LogP contribution in [0.2, 0.25) is 0 Å². The Balaban J connectivity index is 1.33. The standard InChI is InChI=1S/C31H39NO5/c1-31(2,3)32-17-26(33)22-9-10-27(25(16-22)18-36-29(34)21-7-5-4-6-8-21)37-30(35)28-23-12-19-11-20(14-23)15-24(28)13-19/h4-10,16,19-20,23-24,26,28,32-33H,11-15,17-18H2,1-3H3. The van der Waals surface area contributed by atoms with Crippen LogP contribution in [0.4, 0.5) is 0 Å². The van der Waals surface area contributed by atoms with Crippen molar-refractivity contribution >= 4 is 11.9 Å². The van der Waals surface area contributed by atoms with Gasteiger partial charge in [0.15, 0.2) is 0 Å². The Morgan fingerprint density at radius 1 is 0.973 bits per heavy atom. The second-order valence-electron chi connectivity index (χ2n) is 12.3. The van der Waals surface area contributed by atoms with Crippen molar-refractivity contribution in [3.8, 4) is 5.75 Å². The molecule has 0 aromatic heterocycles. The summed E-state index contributed by atoms with van der Waals surface area (Å²) in [6, 6.07) is 14.1. The van der Waals surface area contributed by atoms with Crippen molar-refractivity contribution in [2.45, 2.75) is 71.1 Å². The Morgan fingerprint density at radius 3 is 2.24 bits per heavy atom. The van der Waals surface area contributed by atoms with Gasteiger partial charge in [0.1, 0.15) is 12.4 Å². The molecule has 4 aliphatic carbocycles. The minimum absolute atomic E-state index is 0.0474. The molecule has 4 fully saturated rings. The predicted octanol–water partition coefficient (Wildman–Crippen LogP) is 5.44. The van der Waals surface area contributed by atoms with Crippen molar-refractivity contribution in [1.82, 2.24) is 5.32 Å². The van der Waals surface area contributed by atoms with Gasteiger partial charge in [-0.1, -0.05) is 24.3 Å². The lowest BCUT2D eigenvalue weighted by Crippen LogP contribution is -2.49. The van der Waals surface area contributed by atoms with Gasteiger partial charge in [0, 0.05) is 17.6 Å². The van der Waals surface area contributed by atoms with E-state index in [1.54, 1.807) is 42.5 Å². The molecule has 0 saturated heterocycles. The summed E-state index contributed by atoms with van der Waals surface area (Å²) in [7, 11) is 0. The summed E-state index contributed by atoms with van der Waals surface area (Å²) in [5.41, 5.74) is 1.58. The average molecular weight is 506 g/mol. The van der Waals surface area contributed by atoms with E-state index in [0.29, 0.717) is 40.8 Å². The molecule has 4 saturated carbocycles. The number of hydrogen-bond donors (Lipinski definition) is 2. The van der Waals surface area contributed by atoms with Crippen LogP contribution in [0.25, 0.3) is 0 Å². The highest BCUT2D eigenvalue weighted by molar-refractivity contribution is 5.89. The summed E-state index contributed by atoms with van der Waals surface area (Å²) in [5, 5.41) is 14.1. The minimum atomic E-state index is -0.753. The third-order valence-electron chi connectivity index (χ3n) is 8.37. The highest BCUT2D eigenvalue weighted by Gasteiger charge is 2.51. The lowest BCUT2D eigenvalue weighted by Gasteiger charge is -2.53. The van der Waals surface area contributed by atoms with Crippen LogP contribution < -0.4 is 10.1 Å². The fraction of sp³-hybridized carbons (Fsp3) is 0.548. The molecular weight excluding hydrogens is 466 g/mol. The molecule has 37 heavy (non-hydrogen) atoms. The summed E-state index contributed by atoms with van der Waals surface area (Å²) in [5.74, 6) is 2.16. The maximum atomic E-state index is 13.5. The second kappa shape index (κ2) is 10.6. The van der Waals surface area contributed by atoms with Crippen LogP contribution in [-0.2, 0) is 16.1 Å². The number of aliphatic hydroxyl groups excluding tert-OH is 1. The van der Waals surface area contributed by atoms with Gasteiger partial charge < -0.3 is 19.9 Å². The first-order chi connectivity index (χ1) is 17.7. The van der Waals surface area contributed by atoms with Crippen LogP contribution in [0.3, 0.4) is 0 Å². The van der Waals surface area contributed by atoms with Gasteiger partial charge in [-0.3, -0.25) is 4.79 Å². The molecule has 4 bridgehead atoms. The third-order valence-corrected chi connectivity index (χ3v) is 8.37. The zero-order valence-electron chi connectivity index (χ0n) is 22.1. The Morgan fingerprint density at radius 2 is 1.62 bits per heavy atom. The molecule has 2 N–H and O–H groups in total. The third kappa shape index (κ3) is 6.07. The van der Waals surface area contributed by atoms with E-state index < -0.39 is 12.1 Å². The van der Waals surface area contributed by atoms with Crippen LogP contribution >= 0.6 is 0 Å². The number of rotatable bonds is 8. The second-order valence-corrected chi connectivity index (χ2v) is 12.3. The molecule has 198 valence electrons. The fourth-order valence-electron chi connectivity index (χ4n) is 6.83. The Bertz CT molecular complexity index is 1090. The number of hydrogen-bond acceptors (Lipinski definition) is 6. The van der Waals surface area contributed by atoms with Gasteiger partial charge in [0.2, 0.25) is 0 Å². The monoisotopic (exact) mass is 505 g/mol. The highest BCUT2D eigenvalue weighted by atomic mass is 16.5. The van der Waals surface area contributed by atoms with E-state index in [2.05, 4.69) is 5.32 Å². The van der Waals surface area contributed by atoms with Crippen molar-refractivity contribution in [1.29, 1.82) is 0 Å². The van der Waals surface area contributed by atoms with Crippen LogP contribution in [0.5, 0.6) is 5.75 Å². The number of β-amino-alcohol motifs (C(OH)–C–C–N with tert-alkyl or cyclic N) is 1. The van der Waals surface area contributed by atoms with Crippen LogP contribution in [0, 0.1) is 29.6 Å². The number of aliphatic hydroxyl groups is 1. The number of benzene rings is 2. The molecule has 6 heteroatoms. The molecule has 6 nitrogen and oxygen atoms in total. The first-order valence-corrected chi connectivity index (χ1v) is 13.7. The number of esters is 2. The number of nitrogens with one attached hydrogen (secondary N) is 1. The van der Waals surface area contributed by atoms with Crippen LogP contribution in [-0.4, -0.2) is 29.1 Å². The Labute approximate surface area is 219 Å². The quantitative estimate of drug-likeness (QED) is 0.367. The Hall–Kier alpha value is -2.70. The maximum Gasteiger partial charge on any atom is 0.338 e. The van der Waals surface area contributed by atoms with Crippen molar-refractivity contribution < 1.29 is 24.2 Å². The predicted molar refractivity (Wildman–Crippen MR) is 141 cm³/mol. The Kier molecular flexibility index (Phi) is 7.42. The minimum Gasteiger partial charge on any atom is -0.457 e. The average Bonchev–Trinajstić information content (AvgIpc) is 2.86. The van der Waals surface area contributed by atoms with E-state index in [-0.39, 0.29) is 24.0 Å². The molecule has 1 atom stereocenters. The molecule has 0 aliphatic heterocycles. The molecule has 1 unspecified atom stereocenters. The van der Waals surface area contributed by atoms with Gasteiger partial charge in [-0.05, 0) is 106 Å². The molecule has 0 spiro atoms. The van der Waals surface area contributed by atoms with E-state index >= 15 is 0 Å². The number of carbonyl (C=O) groups excluding carboxylic acids is 2. The zero-order valence-corrected chi connectivity index (χ0v) is 22.1. The first kappa shape index (κ1) is 25.9.